The molecule has 17 heavy (non-hydrogen) atoms. The third kappa shape index (κ3) is 4.84. The quantitative estimate of drug-likeness (QED) is 0.450. The summed E-state index contributed by atoms with van der Waals surface area (Å²) >= 11 is 11.8. The van der Waals surface area contributed by atoms with Crippen molar-refractivity contribution in [2.75, 3.05) is 6.61 Å². The molecule has 0 radical (unpaired) electrons. The number of rotatable bonds is 5. The molecule has 0 aromatic heterocycles. The van der Waals surface area contributed by atoms with E-state index in [4.69, 9.17) is 32.7 Å². The highest BCUT2D eigenvalue weighted by Gasteiger charge is 2.16. The Morgan fingerprint density at radius 3 is 2.76 bits per heavy atom. The number of ether oxygens (including phenoxy) is 2. The van der Waals surface area contributed by atoms with E-state index in [1.807, 2.05) is 6.92 Å². The summed E-state index contributed by atoms with van der Waals surface area (Å²) in [6.07, 6.45) is 0.967. The minimum atomic E-state index is -0.933. The second-order valence-electron chi connectivity index (χ2n) is 3.41. The topological polar surface area (TPSA) is 35.5 Å². The Balaban J connectivity index is 2.46. The number of carbonyl (C=O) groups is 1. The molecule has 0 aliphatic carbocycles. The molecule has 0 aliphatic heterocycles. The van der Waals surface area contributed by atoms with E-state index in [9.17, 15) is 4.79 Å². The van der Waals surface area contributed by atoms with Gasteiger partial charge in [-0.15, -0.1) is 0 Å². The molecular formula is C12H14Cl2O3. The van der Waals surface area contributed by atoms with E-state index >= 15 is 0 Å². The number of benzene rings is 1. The van der Waals surface area contributed by atoms with Gasteiger partial charge in [0.15, 0.2) is 0 Å². The molecule has 94 valence electrons. The lowest BCUT2D eigenvalue weighted by Gasteiger charge is -2.12. The maximum Gasteiger partial charge on any atom is 0.510 e. The molecule has 1 aromatic rings. The molecule has 5 heteroatoms. The van der Waals surface area contributed by atoms with Crippen molar-refractivity contribution in [3.63, 3.8) is 0 Å². The number of carbonyl (C=O) groups excluding carboxylic acids is 1. The van der Waals surface area contributed by atoms with E-state index in [0.717, 1.165) is 12.8 Å². The highest BCUT2D eigenvalue weighted by molar-refractivity contribution is 6.32. The molecule has 0 saturated carbocycles. The third-order valence-corrected chi connectivity index (χ3v) is 2.74. The lowest BCUT2D eigenvalue weighted by molar-refractivity contribution is 0.0447. The van der Waals surface area contributed by atoms with Crippen molar-refractivity contribution in [1.29, 1.82) is 0 Å². The van der Waals surface area contributed by atoms with Crippen LogP contribution >= 0.6 is 23.2 Å². The Labute approximate surface area is 111 Å². The number of alkyl halides is 1. The summed E-state index contributed by atoms with van der Waals surface area (Å²) in [4.78, 5) is 11.2. The van der Waals surface area contributed by atoms with Crippen molar-refractivity contribution in [2.24, 2.45) is 0 Å². The van der Waals surface area contributed by atoms with E-state index in [1.165, 1.54) is 0 Å². The van der Waals surface area contributed by atoms with Gasteiger partial charge < -0.3 is 9.47 Å². The standard InChI is InChI=1S/C12H14Cl2O3/c1-2-3-8-16-12(15)17-11(14)9-6-4-5-7-10(9)13/h4-7,11H,2-3,8H2,1H3. The predicted octanol–water partition coefficient (Wildman–Crippen LogP) is 4.53. The minimum absolute atomic E-state index is 0.335. The van der Waals surface area contributed by atoms with Crippen LogP contribution in [0.4, 0.5) is 4.79 Å². The van der Waals surface area contributed by atoms with E-state index in [0.29, 0.717) is 17.2 Å². The predicted molar refractivity (Wildman–Crippen MR) is 67.4 cm³/mol. The summed E-state index contributed by atoms with van der Waals surface area (Å²) in [7, 11) is 0. The zero-order valence-electron chi connectivity index (χ0n) is 9.49. The maximum atomic E-state index is 11.2. The van der Waals surface area contributed by atoms with Crippen LogP contribution in [0.1, 0.15) is 30.9 Å². The van der Waals surface area contributed by atoms with Crippen molar-refractivity contribution in [1.82, 2.24) is 0 Å². The second-order valence-corrected chi connectivity index (χ2v) is 4.21. The fraction of sp³-hybridized carbons (Fsp3) is 0.417. The molecular weight excluding hydrogens is 263 g/mol. The van der Waals surface area contributed by atoms with Crippen LogP contribution in [0.25, 0.3) is 0 Å². The van der Waals surface area contributed by atoms with Crippen molar-refractivity contribution >= 4 is 29.4 Å². The molecule has 1 unspecified atom stereocenters. The van der Waals surface area contributed by atoms with Gasteiger partial charge in [-0.05, 0) is 12.5 Å². The smallest absolute Gasteiger partial charge is 0.434 e. The van der Waals surface area contributed by atoms with Gasteiger partial charge in [-0.2, -0.15) is 0 Å². The summed E-state index contributed by atoms with van der Waals surface area (Å²) in [5.74, 6) is 0. The molecule has 0 saturated heterocycles. The van der Waals surface area contributed by atoms with Crippen LogP contribution in [0, 0.1) is 0 Å². The van der Waals surface area contributed by atoms with Gasteiger partial charge in [-0.1, -0.05) is 54.7 Å². The highest BCUT2D eigenvalue weighted by Crippen LogP contribution is 2.28. The van der Waals surface area contributed by atoms with Crippen LogP contribution in [0.3, 0.4) is 0 Å². The first-order valence-electron chi connectivity index (χ1n) is 5.37. The van der Waals surface area contributed by atoms with Gasteiger partial charge in [0.1, 0.15) is 0 Å². The molecule has 0 amide bonds. The normalized spacial score (nSPS) is 11.9. The summed E-state index contributed by atoms with van der Waals surface area (Å²) in [6.45, 7) is 2.34. The van der Waals surface area contributed by atoms with Crippen molar-refractivity contribution in [3.05, 3.63) is 34.9 Å². The molecule has 1 atom stereocenters. The zero-order valence-corrected chi connectivity index (χ0v) is 11.0. The molecule has 0 heterocycles. The summed E-state index contributed by atoms with van der Waals surface area (Å²) in [6, 6.07) is 6.91. The molecule has 0 bridgehead atoms. The first-order chi connectivity index (χ1) is 8.15. The summed E-state index contributed by atoms with van der Waals surface area (Å²) in [5.41, 5.74) is -0.388. The summed E-state index contributed by atoms with van der Waals surface area (Å²) < 4.78 is 9.71. The molecule has 0 fully saturated rings. The van der Waals surface area contributed by atoms with E-state index in [1.54, 1.807) is 24.3 Å². The minimum Gasteiger partial charge on any atom is -0.434 e. The van der Waals surface area contributed by atoms with Gasteiger partial charge in [0, 0.05) is 10.6 Å². The fourth-order valence-corrected chi connectivity index (χ4v) is 1.69. The molecule has 1 rings (SSSR count). The Morgan fingerprint density at radius 1 is 1.41 bits per heavy atom. The number of hydrogen-bond acceptors (Lipinski definition) is 3. The monoisotopic (exact) mass is 276 g/mol. The van der Waals surface area contributed by atoms with E-state index in [-0.39, 0.29) is 0 Å². The average Bonchev–Trinajstić information content (AvgIpc) is 2.29. The van der Waals surface area contributed by atoms with E-state index < -0.39 is 11.7 Å². The lowest BCUT2D eigenvalue weighted by Crippen LogP contribution is -2.10. The van der Waals surface area contributed by atoms with Crippen molar-refractivity contribution < 1.29 is 14.3 Å². The molecule has 0 N–H and O–H groups in total. The Hall–Kier alpha value is -0.930. The lowest BCUT2D eigenvalue weighted by atomic mass is 10.2. The molecule has 1 aromatic carbocycles. The second kappa shape index (κ2) is 7.41. The van der Waals surface area contributed by atoms with Crippen molar-refractivity contribution in [3.8, 4) is 0 Å². The van der Waals surface area contributed by atoms with E-state index in [2.05, 4.69) is 0 Å². The van der Waals surface area contributed by atoms with Gasteiger partial charge in [0.05, 0.1) is 6.61 Å². The first kappa shape index (κ1) is 14.1. The third-order valence-electron chi connectivity index (χ3n) is 2.07. The highest BCUT2D eigenvalue weighted by atomic mass is 35.5. The maximum absolute atomic E-state index is 11.2. The summed E-state index contributed by atoms with van der Waals surface area (Å²) in [5, 5.41) is 0.453. The van der Waals surface area contributed by atoms with Crippen LogP contribution in [-0.4, -0.2) is 12.8 Å². The van der Waals surface area contributed by atoms with Crippen LogP contribution in [0.5, 0.6) is 0 Å². The SMILES string of the molecule is CCCCOC(=O)OC(Cl)c1ccccc1Cl. The zero-order chi connectivity index (χ0) is 12.7. The first-order valence-corrected chi connectivity index (χ1v) is 6.18. The van der Waals surface area contributed by atoms with Gasteiger partial charge in [0.2, 0.25) is 5.56 Å². The number of halogens is 2. The van der Waals surface area contributed by atoms with Gasteiger partial charge in [-0.25, -0.2) is 4.79 Å². The Bertz CT molecular complexity index is 369. The number of unbranched alkanes of at least 4 members (excludes halogenated alkanes) is 1. The van der Waals surface area contributed by atoms with Crippen LogP contribution < -0.4 is 0 Å². The molecule has 0 aliphatic rings. The van der Waals surface area contributed by atoms with Gasteiger partial charge in [0.25, 0.3) is 0 Å². The average molecular weight is 277 g/mol. The fourth-order valence-electron chi connectivity index (χ4n) is 1.14. The van der Waals surface area contributed by atoms with Crippen LogP contribution in [-0.2, 0) is 9.47 Å². The Kier molecular flexibility index (Phi) is 6.16. The number of hydrogen-bond donors (Lipinski definition) is 0. The molecule has 0 spiro atoms. The molecule has 3 nitrogen and oxygen atoms in total. The van der Waals surface area contributed by atoms with Crippen LogP contribution in [0.2, 0.25) is 5.02 Å². The van der Waals surface area contributed by atoms with Crippen molar-refractivity contribution in [2.45, 2.75) is 25.3 Å². The Morgan fingerprint density at radius 2 is 2.12 bits per heavy atom. The van der Waals surface area contributed by atoms with Gasteiger partial charge >= 0.3 is 6.16 Å². The largest absolute Gasteiger partial charge is 0.510 e. The van der Waals surface area contributed by atoms with Crippen LogP contribution in [0.15, 0.2) is 24.3 Å². The van der Waals surface area contributed by atoms with Gasteiger partial charge in [-0.3, -0.25) is 0 Å².